The molecular weight excluding hydrogens is 386 g/mol. The van der Waals surface area contributed by atoms with Crippen molar-refractivity contribution < 1.29 is 12.9 Å². The van der Waals surface area contributed by atoms with Gasteiger partial charge in [-0.25, -0.2) is 8.42 Å². The summed E-state index contributed by atoms with van der Waals surface area (Å²) in [5, 5.41) is 7.04. The average Bonchev–Trinajstić information content (AvgIpc) is 3.25. The van der Waals surface area contributed by atoms with Gasteiger partial charge >= 0.3 is 0 Å². The third kappa shape index (κ3) is 4.56. The third-order valence-corrected chi connectivity index (χ3v) is 6.76. The highest BCUT2D eigenvalue weighted by atomic mass is 35.5. The first kappa shape index (κ1) is 20.2. The van der Waals surface area contributed by atoms with Crippen LogP contribution in [0.25, 0.3) is 11.6 Å². The van der Waals surface area contributed by atoms with Crippen LogP contribution in [-0.2, 0) is 16.4 Å². The van der Waals surface area contributed by atoms with E-state index < -0.39 is 10.0 Å². The number of nitrogens with zero attached hydrogens (tertiary/aromatic N) is 3. The summed E-state index contributed by atoms with van der Waals surface area (Å²) in [5.74, 6) is 2.53. The highest BCUT2D eigenvalue weighted by molar-refractivity contribution is 7.99. The zero-order chi connectivity index (χ0) is 17.2. The quantitative estimate of drug-likeness (QED) is 0.745. The monoisotopic (exact) mass is 407 g/mol. The Kier molecular flexibility index (Phi) is 6.92. The van der Waals surface area contributed by atoms with E-state index in [1.165, 1.54) is 10.5 Å². The smallest absolute Gasteiger partial charge is 0.274 e. The number of likely N-dealkylation sites (N-methyl/N-ethyl adjacent to an activating group) is 1. The number of hydrogen-bond donors (Lipinski definition) is 2. The van der Waals surface area contributed by atoms with Gasteiger partial charge < -0.3 is 14.8 Å². The number of sulfonamides is 1. The minimum Gasteiger partial charge on any atom is -0.356 e. The molecule has 2 aromatic heterocycles. The molecule has 11 heteroatoms. The van der Waals surface area contributed by atoms with Crippen molar-refractivity contribution in [2.75, 3.05) is 31.6 Å². The van der Waals surface area contributed by atoms with E-state index in [1.807, 2.05) is 14.0 Å². The maximum Gasteiger partial charge on any atom is 0.274 e. The van der Waals surface area contributed by atoms with Crippen LogP contribution in [0.15, 0.2) is 21.7 Å². The van der Waals surface area contributed by atoms with Crippen LogP contribution in [0.4, 0.5) is 0 Å². The van der Waals surface area contributed by atoms with Crippen LogP contribution in [-0.4, -0.2) is 65.5 Å². The number of halogens is 1. The molecule has 8 nitrogen and oxygen atoms in total. The van der Waals surface area contributed by atoms with E-state index in [1.54, 1.807) is 17.8 Å². The average molecular weight is 408 g/mol. The fourth-order valence-electron chi connectivity index (χ4n) is 2.41. The summed E-state index contributed by atoms with van der Waals surface area (Å²) in [6.45, 7) is 3.10. The fraction of sp³-hybridized carbons (Fsp3) is 0.571. The van der Waals surface area contributed by atoms with Gasteiger partial charge in [-0.15, -0.1) is 12.4 Å². The van der Waals surface area contributed by atoms with Crippen LogP contribution in [0.1, 0.15) is 12.7 Å². The molecule has 2 N–H and O–H groups in total. The van der Waals surface area contributed by atoms with Gasteiger partial charge in [0.2, 0.25) is 10.0 Å². The van der Waals surface area contributed by atoms with Crippen molar-refractivity contribution in [1.82, 2.24) is 24.7 Å². The molecule has 3 heterocycles. The standard InChI is InChI=1S/C14H21N5O3S2.ClH/c1-10(15-2)7-13-17-14(22-18-13)12-8-11(9-16-12)24(20,21)19-3-5-23-6-4-19;/h8-10,15-16H,3-7H2,1-2H3;1H. The molecule has 1 atom stereocenters. The zero-order valence-electron chi connectivity index (χ0n) is 14.1. The second-order valence-electron chi connectivity index (χ2n) is 5.68. The van der Waals surface area contributed by atoms with Gasteiger partial charge in [0.15, 0.2) is 5.82 Å². The number of nitrogens with one attached hydrogen (secondary N) is 2. The first-order valence-corrected chi connectivity index (χ1v) is 10.4. The molecule has 0 spiro atoms. The summed E-state index contributed by atoms with van der Waals surface area (Å²) in [6, 6.07) is 1.78. The van der Waals surface area contributed by atoms with E-state index in [0.29, 0.717) is 36.9 Å². The summed E-state index contributed by atoms with van der Waals surface area (Å²) in [5.41, 5.74) is 0.510. The van der Waals surface area contributed by atoms with Gasteiger partial charge in [-0.2, -0.15) is 21.1 Å². The Morgan fingerprint density at radius 3 is 2.84 bits per heavy atom. The molecular formula is C14H22ClN5O3S2. The molecule has 2 aromatic rings. The van der Waals surface area contributed by atoms with E-state index in [9.17, 15) is 8.42 Å². The molecule has 0 bridgehead atoms. The number of aromatic nitrogens is 3. The maximum atomic E-state index is 12.6. The Morgan fingerprint density at radius 1 is 1.44 bits per heavy atom. The van der Waals surface area contributed by atoms with Crippen LogP contribution in [0.2, 0.25) is 0 Å². The van der Waals surface area contributed by atoms with Crippen LogP contribution >= 0.6 is 24.2 Å². The topological polar surface area (TPSA) is 104 Å². The molecule has 0 aliphatic carbocycles. The van der Waals surface area contributed by atoms with E-state index >= 15 is 0 Å². The Morgan fingerprint density at radius 2 is 2.16 bits per heavy atom. The summed E-state index contributed by atoms with van der Waals surface area (Å²) in [6.07, 6.45) is 2.11. The normalized spacial score (nSPS) is 17.2. The molecule has 25 heavy (non-hydrogen) atoms. The molecule has 1 saturated heterocycles. The highest BCUT2D eigenvalue weighted by Gasteiger charge is 2.27. The lowest BCUT2D eigenvalue weighted by Crippen LogP contribution is -2.37. The molecule has 140 valence electrons. The van der Waals surface area contributed by atoms with Gasteiger partial charge in [0.1, 0.15) is 10.6 Å². The van der Waals surface area contributed by atoms with Crippen LogP contribution < -0.4 is 5.32 Å². The van der Waals surface area contributed by atoms with Crippen molar-refractivity contribution in [2.45, 2.75) is 24.3 Å². The molecule has 1 aliphatic rings. The van der Waals surface area contributed by atoms with Gasteiger partial charge in [0, 0.05) is 43.3 Å². The van der Waals surface area contributed by atoms with Crippen LogP contribution in [0, 0.1) is 0 Å². The van der Waals surface area contributed by atoms with E-state index in [2.05, 4.69) is 20.4 Å². The maximum absolute atomic E-state index is 12.6. The predicted molar refractivity (Wildman–Crippen MR) is 99.6 cm³/mol. The third-order valence-electron chi connectivity index (χ3n) is 3.94. The minimum absolute atomic E-state index is 0. The van der Waals surface area contributed by atoms with Crippen molar-refractivity contribution in [2.24, 2.45) is 0 Å². The van der Waals surface area contributed by atoms with Gasteiger partial charge in [-0.05, 0) is 20.0 Å². The summed E-state index contributed by atoms with van der Waals surface area (Å²) >= 11 is 1.77. The molecule has 1 unspecified atom stereocenters. The Hall–Kier alpha value is -1.07. The van der Waals surface area contributed by atoms with Gasteiger partial charge in [-0.3, -0.25) is 0 Å². The molecule has 0 radical (unpaired) electrons. The predicted octanol–water partition coefficient (Wildman–Crippen LogP) is 1.37. The number of hydrogen-bond acceptors (Lipinski definition) is 7. The largest absolute Gasteiger partial charge is 0.356 e. The number of rotatable bonds is 6. The van der Waals surface area contributed by atoms with Gasteiger partial charge in [0.05, 0.1) is 0 Å². The highest BCUT2D eigenvalue weighted by Crippen LogP contribution is 2.24. The minimum atomic E-state index is -3.48. The lowest BCUT2D eigenvalue weighted by atomic mass is 10.2. The van der Waals surface area contributed by atoms with Crippen molar-refractivity contribution in [3.63, 3.8) is 0 Å². The Labute approximate surface area is 157 Å². The van der Waals surface area contributed by atoms with Gasteiger partial charge in [0.25, 0.3) is 5.89 Å². The molecule has 0 amide bonds. The Balaban J connectivity index is 0.00000225. The van der Waals surface area contributed by atoms with Crippen LogP contribution in [0.5, 0.6) is 0 Å². The number of aromatic amines is 1. The van der Waals surface area contributed by atoms with Crippen LogP contribution in [0.3, 0.4) is 0 Å². The summed E-state index contributed by atoms with van der Waals surface area (Å²) in [7, 11) is -1.61. The number of thioether (sulfide) groups is 1. The van der Waals surface area contributed by atoms with Crippen molar-refractivity contribution in [3.05, 3.63) is 18.1 Å². The van der Waals surface area contributed by atoms with E-state index in [0.717, 1.165) is 11.5 Å². The second-order valence-corrected chi connectivity index (χ2v) is 8.84. The first-order valence-electron chi connectivity index (χ1n) is 7.77. The van der Waals surface area contributed by atoms with Crippen molar-refractivity contribution >= 4 is 34.2 Å². The number of H-pyrrole nitrogens is 1. The zero-order valence-corrected chi connectivity index (χ0v) is 16.5. The van der Waals surface area contributed by atoms with Gasteiger partial charge in [-0.1, -0.05) is 5.16 Å². The first-order chi connectivity index (χ1) is 11.5. The van der Waals surface area contributed by atoms with E-state index in [4.69, 9.17) is 4.52 Å². The van der Waals surface area contributed by atoms with Crippen molar-refractivity contribution in [3.8, 4) is 11.6 Å². The fourth-order valence-corrected chi connectivity index (χ4v) is 4.98. The molecule has 0 saturated carbocycles. The lowest BCUT2D eigenvalue weighted by molar-refractivity contribution is 0.417. The molecule has 3 rings (SSSR count). The lowest BCUT2D eigenvalue weighted by Gasteiger charge is -2.24. The Bertz CT molecular complexity index is 786. The molecule has 1 fully saturated rings. The van der Waals surface area contributed by atoms with Crippen molar-refractivity contribution in [1.29, 1.82) is 0 Å². The molecule has 0 aromatic carbocycles. The summed E-state index contributed by atoms with van der Waals surface area (Å²) < 4.78 is 32.0. The molecule has 1 aliphatic heterocycles. The summed E-state index contributed by atoms with van der Waals surface area (Å²) in [4.78, 5) is 7.47. The second kappa shape index (κ2) is 8.54. The van der Waals surface area contributed by atoms with E-state index in [-0.39, 0.29) is 23.3 Å². The SMILES string of the molecule is CNC(C)Cc1noc(-c2cc(S(=O)(=O)N3CCSCC3)c[nH]2)n1.Cl.